The van der Waals surface area contributed by atoms with Gasteiger partial charge in [0.25, 0.3) is 5.91 Å². The summed E-state index contributed by atoms with van der Waals surface area (Å²) in [6, 6.07) is 0. The second-order valence-electron chi connectivity index (χ2n) is 6.60. The van der Waals surface area contributed by atoms with Gasteiger partial charge in [-0.25, -0.2) is 4.79 Å². The van der Waals surface area contributed by atoms with Crippen molar-refractivity contribution < 1.29 is 19.1 Å². The Labute approximate surface area is 124 Å². The third kappa shape index (κ3) is 2.82. The molecule has 0 unspecified atom stereocenters. The third-order valence-electron chi connectivity index (χ3n) is 3.85. The summed E-state index contributed by atoms with van der Waals surface area (Å²) in [4.78, 5) is 39.0. The minimum absolute atomic E-state index is 0.0409. The average molecular weight is 297 g/mol. The molecule has 2 aliphatic rings. The molecular formula is C14H23N3O4. The Hall–Kier alpha value is -1.79. The number of carbonyl (C=O) groups is 3. The minimum Gasteiger partial charge on any atom is -0.444 e. The smallest absolute Gasteiger partial charge is 0.411 e. The summed E-state index contributed by atoms with van der Waals surface area (Å²) in [6.45, 7) is 6.36. The minimum atomic E-state index is -0.795. The lowest BCUT2D eigenvalue weighted by Crippen LogP contribution is -2.73. The molecule has 0 aromatic heterocycles. The van der Waals surface area contributed by atoms with Crippen LogP contribution in [0.5, 0.6) is 0 Å². The van der Waals surface area contributed by atoms with Gasteiger partial charge < -0.3 is 15.0 Å². The Morgan fingerprint density at radius 2 is 2.05 bits per heavy atom. The molecule has 1 spiro atoms. The zero-order valence-corrected chi connectivity index (χ0v) is 13.1. The Morgan fingerprint density at radius 3 is 2.57 bits per heavy atom. The zero-order chi connectivity index (χ0) is 15.8. The van der Waals surface area contributed by atoms with Crippen molar-refractivity contribution in [1.29, 1.82) is 0 Å². The highest BCUT2D eigenvalue weighted by molar-refractivity contribution is 5.98. The van der Waals surface area contributed by atoms with Gasteiger partial charge in [0, 0.05) is 13.6 Å². The molecule has 2 rings (SSSR count). The first kappa shape index (κ1) is 15.6. The van der Waals surface area contributed by atoms with Crippen LogP contribution in [0.4, 0.5) is 4.79 Å². The molecule has 0 bridgehead atoms. The van der Waals surface area contributed by atoms with Crippen LogP contribution < -0.4 is 5.32 Å². The van der Waals surface area contributed by atoms with Crippen LogP contribution in [0.3, 0.4) is 0 Å². The molecule has 2 aliphatic heterocycles. The van der Waals surface area contributed by atoms with Crippen LogP contribution in [0.15, 0.2) is 0 Å². The van der Waals surface area contributed by atoms with Gasteiger partial charge in [0.15, 0.2) is 0 Å². The summed E-state index contributed by atoms with van der Waals surface area (Å²) in [5, 5.41) is 2.49. The van der Waals surface area contributed by atoms with Gasteiger partial charge in [0.1, 0.15) is 11.1 Å². The molecule has 118 valence electrons. The largest absolute Gasteiger partial charge is 0.444 e. The summed E-state index contributed by atoms with van der Waals surface area (Å²) in [5.74, 6) is -0.366. The molecule has 2 fully saturated rings. The number of ether oxygens (including phenoxy) is 1. The van der Waals surface area contributed by atoms with Crippen molar-refractivity contribution in [1.82, 2.24) is 15.1 Å². The lowest BCUT2D eigenvalue weighted by Gasteiger charge is -2.50. The molecule has 7 heteroatoms. The van der Waals surface area contributed by atoms with Crippen molar-refractivity contribution in [3.05, 3.63) is 0 Å². The number of nitrogens with zero attached hydrogens (tertiary/aromatic N) is 2. The van der Waals surface area contributed by atoms with Crippen LogP contribution >= 0.6 is 0 Å². The molecule has 0 saturated carbocycles. The van der Waals surface area contributed by atoms with Gasteiger partial charge in [-0.1, -0.05) is 0 Å². The number of nitrogens with one attached hydrogen (secondary N) is 1. The van der Waals surface area contributed by atoms with Crippen molar-refractivity contribution >= 4 is 17.9 Å². The normalized spacial score (nSPS) is 25.0. The van der Waals surface area contributed by atoms with Gasteiger partial charge in [-0.05, 0) is 33.6 Å². The highest BCUT2D eigenvalue weighted by Crippen LogP contribution is 2.39. The van der Waals surface area contributed by atoms with E-state index in [1.54, 1.807) is 20.8 Å². The lowest BCUT2D eigenvalue weighted by atomic mass is 9.85. The van der Waals surface area contributed by atoms with Crippen LogP contribution in [0, 0.1) is 0 Å². The number of amides is 3. The summed E-state index contributed by atoms with van der Waals surface area (Å²) in [6.07, 6.45) is 0.960. The molecule has 0 aromatic carbocycles. The maximum atomic E-state index is 12.4. The fourth-order valence-electron chi connectivity index (χ4n) is 2.89. The van der Waals surface area contributed by atoms with Gasteiger partial charge in [0.05, 0.1) is 13.1 Å². The molecule has 1 N–H and O–H groups in total. The first-order chi connectivity index (χ1) is 9.69. The van der Waals surface area contributed by atoms with Gasteiger partial charge >= 0.3 is 6.09 Å². The molecule has 1 atom stereocenters. The van der Waals surface area contributed by atoms with E-state index >= 15 is 0 Å². The fourth-order valence-corrected chi connectivity index (χ4v) is 2.89. The van der Waals surface area contributed by atoms with E-state index in [0.29, 0.717) is 19.5 Å². The van der Waals surface area contributed by atoms with E-state index in [0.717, 1.165) is 6.42 Å². The third-order valence-corrected chi connectivity index (χ3v) is 3.85. The fraction of sp³-hybridized carbons (Fsp3) is 0.786. The van der Waals surface area contributed by atoms with Crippen LogP contribution in [0.25, 0.3) is 0 Å². The summed E-state index contributed by atoms with van der Waals surface area (Å²) in [5.41, 5.74) is -1.38. The van der Waals surface area contributed by atoms with Gasteiger partial charge in [0.2, 0.25) is 5.91 Å². The highest BCUT2D eigenvalue weighted by atomic mass is 16.6. The molecular weight excluding hydrogens is 274 g/mol. The maximum Gasteiger partial charge on any atom is 0.411 e. The molecule has 21 heavy (non-hydrogen) atoms. The number of hydrogen-bond acceptors (Lipinski definition) is 4. The van der Waals surface area contributed by atoms with Crippen LogP contribution in [0.2, 0.25) is 0 Å². The Kier molecular flexibility index (Phi) is 3.86. The van der Waals surface area contributed by atoms with Crippen molar-refractivity contribution in [3.63, 3.8) is 0 Å². The van der Waals surface area contributed by atoms with Crippen LogP contribution in [-0.4, -0.2) is 65.5 Å². The second-order valence-corrected chi connectivity index (χ2v) is 6.60. The molecule has 3 amide bonds. The van der Waals surface area contributed by atoms with Crippen LogP contribution in [-0.2, 0) is 14.3 Å². The number of β-lactam (4-membered cyclic amide) rings is 1. The van der Waals surface area contributed by atoms with E-state index in [1.165, 1.54) is 16.8 Å². The number of carbonyl (C=O) groups excluding carboxylic acids is 3. The number of likely N-dealkylation sites (N-methyl/N-ethyl adjacent to an activating group) is 1. The molecule has 0 aromatic rings. The predicted molar refractivity (Wildman–Crippen MR) is 75.6 cm³/mol. The summed E-state index contributed by atoms with van der Waals surface area (Å²) >= 11 is 0. The number of hydrogen-bond donors (Lipinski definition) is 1. The van der Waals surface area contributed by atoms with Gasteiger partial charge in [-0.15, -0.1) is 0 Å². The number of likely N-dealkylation sites (tertiary alicyclic amines) is 2. The van der Waals surface area contributed by atoms with Crippen molar-refractivity contribution in [2.24, 2.45) is 0 Å². The molecule has 2 saturated heterocycles. The Bertz CT molecular complexity index is 471. The molecule has 2 heterocycles. The standard InChI is InChI=1S/C14H23N3O4/c1-13(2,3)21-12(20)17-7-5-6-14(17)9-16(11(14)19)8-10(18)15-4/h5-9H2,1-4H3,(H,15,18)/t14-/m1/s1. The molecule has 7 nitrogen and oxygen atoms in total. The second kappa shape index (κ2) is 5.20. The first-order valence-corrected chi connectivity index (χ1v) is 7.20. The SMILES string of the molecule is CNC(=O)CN1C[C@]2(CCCN2C(=O)OC(C)(C)C)C1=O. The summed E-state index contributed by atoms with van der Waals surface area (Å²) < 4.78 is 5.38. The van der Waals surface area contributed by atoms with Crippen molar-refractivity contribution in [3.8, 4) is 0 Å². The van der Waals surface area contributed by atoms with Crippen molar-refractivity contribution in [2.45, 2.75) is 44.8 Å². The quantitative estimate of drug-likeness (QED) is 0.746. The van der Waals surface area contributed by atoms with Crippen molar-refractivity contribution in [2.75, 3.05) is 26.7 Å². The van der Waals surface area contributed by atoms with E-state index < -0.39 is 17.2 Å². The average Bonchev–Trinajstić information content (AvgIpc) is 2.82. The van der Waals surface area contributed by atoms with Gasteiger partial charge in [-0.3, -0.25) is 14.5 Å². The van der Waals surface area contributed by atoms with Gasteiger partial charge in [-0.2, -0.15) is 0 Å². The predicted octanol–water partition coefficient (Wildman–Crippen LogP) is 0.344. The zero-order valence-electron chi connectivity index (χ0n) is 13.1. The topological polar surface area (TPSA) is 79.0 Å². The summed E-state index contributed by atoms with van der Waals surface area (Å²) in [7, 11) is 1.53. The molecule has 0 radical (unpaired) electrons. The lowest BCUT2D eigenvalue weighted by molar-refractivity contribution is -0.162. The van der Waals surface area contributed by atoms with E-state index in [2.05, 4.69) is 5.32 Å². The van der Waals surface area contributed by atoms with Crippen LogP contribution in [0.1, 0.15) is 33.6 Å². The Balaban J connectivity index is 2.04. The van der Waals surface area contributed by atoms with E-state index in [4.69, 9.17) is 4.74 Å². The first-order valence-electron chi connectivity index (χ1n) is 7.20. The van der Waals surface area contributed by atoms with E-state index in [-0.39, 0.29) is 18.4 Å². The highest BCUT2D eigenvalue weighted by Gasteiger charge is 2.60. The monoisotopic (exact) mass is 297 g/mol. The maximum absolute atomic E-state index is 12.4. The van der Waals surface area contributed by atoms with E-state index in [1.807, 2.05) is 0 Å². The number of rotatable bonds is 2. The molecule has 0 aliphatic carbocycles. The Morgan fingerprint density at radius 1 is 1.38 bits per heavy atom. The van der Waals surface area contributed by atoms with E-state index in [9.17, 15) is 14.4 Å².